The van der Waals surface area contributed by atoms with E-state index in [4.69, 9.17) is 24.7 Å². The highest BCUT2D eigenvalue weighted by atomic mass is 28.4. The van der Waals surface area contributed by atoms with Crippen molar-refractivity contribution in [1.82, 2.24) is 9.55 Å². The zero-order chi connectivity index (χ0) is 23.6. The second kappa shape index (κ2) is 9.47. The maximum absolute atomic E-state index is 12.4. The topological polar surface area (TPSA) is 163 Å². The van der Waals surface area contributed by atoms with E-state index >= 15 is 0 Å². The number of rotatable bonds is 8. The van der Waals surface area contributed by atoms with Gasteiger partial charge in [-0.05, 0) is 18.1 Å². The van der Waals surface area contributed by atoms with Gasteiger partial charge in [0.2, 0.25) is 0 Å². The molecule has 0 amide bonds. The average molecular weight is 458 g/mol. The van der Waals surface area contributed by atoms with Gasteiger partial charge in [0.05, 0.1) is 12.8 Å². The molecule has 1 fully saturated rings. The van der Waals surface area contributed by atoms with Gasteiger partial charge in [-0.15, -0.1) is 0 Å². The van der Waals surface area contributed by atoms with Gasteiger partial charge in [-0.2, -0.15) is 0 Å². The molecule has 1 aromatic rings. The molecule has 0 saturated carbocycles. The molecule has 12 heteroatoms. The van der Waals surface area contributed by atoms with E-state index in [0.29, 0.717) is 0 Å². The van der Waals surface area contributed by atoms with Gasteiger partial charge >= 0.3 is 17.6 Å². The fourth-order valence-electron chi connectivity index (χ4n) is 2.95. The Morgan fingerprint density at radius 3 is 2.42 bits per heavy atom. The molecule has 0 spiro atoms. The van der Waals surface area contributed by atoms with E-state index in [1.54, 1.807) is 0 Å². The first-order valence-electron chi connectivity index (χ1n) is 10.0. The van der Waals surface area contributed by atoms with Crippen molar-refractivity contribution in [3.05, 3.63) is 33.1 Å². The van der Waals surface area contributed by atoms with Gasteiger partial charge in [-0.3, -0.25) is 23.9 Å². The molecule has 31 heavy (non-hydrogen) atoms. The Bertz CT molecular complexity index is 920. The molecule has 0 bridgehead atoms. The molecule has 0 unspecified atom stereocenters. The highest BCUT2D eigenvalue weighted by Gasteiger charge is 2.52. The van der Waals surface area contributed by atoms with Gasteiger partial charge in [0.15, 0.2) is 20.6 Å². The SMILES string of the molecule is CC(C)(C)[Si](C)(C)O[C@@H]1[C@H](OC(=O)CCC(=O)O)[C@@H](CN)O[C@H]1n1ccc(=O)[nH]c1=O. The summed E-state index contributed by atoms with van der Waals surface area (Å²) >= 11 is 0. The van der Waals surface area contributed by atoms with Crippen LogP contribution in [0.3, 0.4) is 0 Å². The number of nitrogens with two attached hydrogens (primary N) is 1. The van der Waals surface area contributed by atoms with Gasteiger partial charge in [0, 0.05) is 18.8 Å². The second-order valence-corrected chi connectivity index (χ2v) is 13.8. The molecule has 4 atom stereocenters. The van der Waals surface area contributed by atoms with Crippen LogP contribution in [0.2, 0.25) is 18.1 Å². The fourth-order valence-corrected chi connectivity index (χ4v) is 4.24. The van der Waals surface area contributed by atoms with Crippen molar-refractivity contribution in [2.75, 3.05) is 6.54 Å². The molecule has 0 aliphatic carbocycles. The second-order valence-electron chi connectivity index (χ2n) is 9.01. The molecule has 11 nitrogen and oxygen atoms in total. The molecule has 0 aromatic carbocycles. The summed E-state index contributed by atoms with van der Waals surface area (Å²) < 4.78 is 19.2. The van der Waals surface area contributed by atoms with Crippen molar-refractivity contribution in [3.8, 4) is 0 Å². The third-order valence-electron chi connectivity index (χ3n) is 5.69. The first-order valence-corrected chi connectivity index (χ1v) is 12.9. The third kappa shape index (κ3) is 5.90. The van der Waals surface area contributed by atoms with E-state index in [-0.39, 0.29) is 24.4 Å². The van der Waals surface area contributed by atoms with Crippen LogP contribution in [0.25, 0.3) is 0 Å². The summed E-state index contributed by atoms with van der Waals surface area (Å²) in [4.78, 5) is 49.1. The van der Waals surface area contributed by atoms with Gasteiger partial charge < -0.3 is 24.7 Å². The molecule has 2 rings (SSSR count). The molecule has 174 valence electrons. The van der Waals surface area contributed by atoms with Crippen molar-refractivity contribution < 1.29 is 28.6 Å². The Labute approximate surface area is 180 Å². The molecule has 0 radical (unpaired) electrons. The standard InChI is InChI=1S/C19H31N3O8Si/c1-19(2,3)31(4,5)30-16-15(29-14(26)7-6-13(24)25)11(10-20)28-17(16)22-9-8-12(23)21-18(22)27/h8-9,11,15-17H,6-7,10,20H2,1-5H3,(H,24,25)(H,21,23,27)/t11-,15-,16-,17-/m1/s1. The number of carboxylic acids is 1. The Hall–Kier alpha value is -2.28. The van der Waals surface area contributed by atoms with Crippen LogP contribution in [0.1, 0.15) is 39.8 Å². The highest BCUT2D eigenvalue weighted by molar-refractivity contribution is 6.74. The van der Waals surface area contributed by atoms with Crippen LogP contribution in [0.4, 0.5) is 0 Å². The Morgan fingerprint density at radius 2 is 1.90 bits per heavy atom. The number of aromatic nitrogens is 2. The number of aromatic amines is 1. The minimum Gasteiger partial charge on any atom is -0.481 e. The number of H-pyrrole nitrogens is 1. The van der Waals surface area contributed by atoms with Gasteiger partial charge in [-0.1, -0.05) is 20.8 Å². The van der Waals surface area contributed by atoms with Crippen LogP contribution in [0.5, 0.6) is 0 Å². The van der Waals surface area contributed by atoms with Gasteiger partial charge in [-0.25, -0.2) is 4.79 Å². The predicted octanol–water partition coefficient (Wildman–Crippen LogP) is 0.560. The summed E-state index contributed by atoms with van der Waals surface area (Å²) in [5, 5.41) is 8.62. The van der Waals surface area contributed by atoms with Crippen molar-refractivity contribution >= 4 is 20.3 Å². The summed E-state index contributed by atoms with van der Waals surface area (Å²) in [6.45, 7) is 10.1. The lowest BCUT2D eigenvalue weighted by Gasteiger charge is -2.40. The van der Waals surface area contributed by atoms with Crippen LogP contribution < -0.4 is 17.0 Å². The molecule has 1 saturated heterocycles. The third-order valence-corrected chi connectivity index (χ3v) is 10.2. The van der Waals surface area contributed by atoms with Crippen LogP contribution >= 0.6 is 0 Å². The zero-order valence-electron chi connectivity index (χ0n) is 18.4. The molecule has 1 aromatic heterocycles. The number of carbonyl (C=O) groups is 2. The molecular weight excluding hydrogens is 426 g/mol. The lowest BCUT2D eigenvalue weighted by Crippen LogP contribution is -2.51. The first-order chi connectivity index (χ1) is 14.3. The number of carboxylic acid groups (broad SMARTS) is 1. The fraction of sp³-hybridized carbons (Fsp3) is 0.684. The van der Waals surface area contributed by atoms with Crippen LogP contribution in [0.15, 0.2) is 21.9 Å². The van der Waals surface area contributed by atoms with Gasteiger partial charge in [0.25, 0.3) is 5.56 Å². The number of nitrogens with zero attached hydrogens (tertiary/aromatic N) is 1. The highest BCUT2D eigenvalue weighted by Crippen LogP contribution is 2.42. The lowest BCUT2D eigenvalue weighted by molar-refractivity contribution is -0.157. The minimum absolute atomic E-state index is 0.0250. The minimum atomic E-state index is -2.44. The van der Waals surface area contributed by atoms with Gasteiger partial charge in [0.1, 0.15) is 12.2 Å². The lowest BCUT2D eigenvalue weighted by atomic mass is 10.1. The first kappa shape index (κ1) is 25.0. The largest absolute Gasteiger partial charge is 0.481 e. The van der Waals surface area contributed by atoms with E-state index in [1.165, 1.54) is 16.8 Å². The quantitative estimate of drug-likeness (QED) is 0.374. The number of esters is 1. The monoisotopic (exact) mass is 457 g/mol. The molecule has 2 heterocycles. The summed E-state index contributed by atoms with van der Waals surface area (Å²) in [7, 11) is -2.44. The smallest absolute Gasteiger partial charge is 0.330 e. The van der Waals surface area contributed by atoms with Crippen molar-refractivity contribution in [2.45, 2.75) is 76.3 Å². The normalized spacial score (nSPS) is 24.2. The van der Waals surface area contributed by atoms with E-state index in [2.05, 4.69) is 4.98 Å². The Kier molecular flexibility index (Phi) is 7.63. The maximum atomic E-state index is 12.4. The van der Waals surface area contributed by atoms with E-state index < -0.39 is 56.0 Å². The van der Waals surface area contributed by atoms with Crippen LogP contribution in [0, 0.1) is 0 Å². The summed E-state index contributed by atoms with van der Waals surface area (Å²) in [6, 6.07) is 1.18. The molecule has 1 aliphatic rings. The summed E-state index contributed by atoms with van der Waals surface area (Å²) in [5.74, 6) is -1.85. The Morgan fingerprint density at radius 1 is 1.26 bits per heavy atom. The van der Waals surface area contributed by atoms with Crippen molar-refractivity contribution in [2.24, 2.45) is 5.73 Å². The average Bonchev–Trinajstić information content (AvgIpc) is 2.96. The number of nitrogens with one attached hydrogen (secondary N) is 1. The summed E-state index contributed by atoms with van der Waals surface area (Å²) in [5.41, 5.74) is 4.58. The molecule has 4 N–H and O–H groups in total. The number of hydrogen-bond acceptors (Lipinski definition) is 8. The maximum Gasteiger partial charge on any atom is 0.330 e. The van der Waals surface area contributed by atoms with E-state index in [1.807, 2.05) is 33.9 Å². The number of carbonyl (C=O) groups excluding carboxylic acids is 1. The predicted molar refractivity (Wildman–Crippen MR) is 113 cm³/mol. The summed E-state index contributed by atoms with van der Waals surface area (Å²) in [6.07, 6.45) is -3.03. The zero-order valence-corrected chi connectivity index (χ0v) is 19.4. The van der Waals surface area contributed by atoms with Crippen LogP contribution in [-0.2, 0) is 23.5 Å². The van der Waals surface area contributed by atoms with E-state index in [0.717, 1.165) is 0 Å². The van der Waals surface area contributed by atoms with Crippen molar-refractivity contribution in [3.63, 3.8) is 0 Å². The number of aliphatic carboxylic acids is 1. The number of hydrogen-bond donors (Lipinski definition) is 3. The molecule has 1 aliphatic heterocycles. The van der Waals surface area contributed by atoms with Crippen LogP contribution in [-0.4, -0.2) is 59.8 Å². The number of ether oxygens (including phenoxy) is 2. The van der Waals surface area contributed by atoms with Crippen molar-refractivity contribution in [1.29, 1.82) is 0 Å². The van der Waals surface area contributed by atoms with E-state index in [9.17, 15) is 19.2 Å². The molecular formula is C19H31N3O8Si. The Balaban J connectivity index is 2.44.